The summed E-state index contributed by atoms with van der Waals surface area (Å²) in [5.41, 5.74) is 2.24. The molecule has 1 aromatic heterocycles. The minimum atomic E-state index is -3.82. The third-order valence-electron chi connectivity index (χ3n) is 9.68. The van der Waals surface area contributed by atoms with Gasteiger partial charge in [0.1, 0.15) is 5.60 Å². The third kappa shape index (κ3) is 9.46. The van der Waals surface area contributed by atoms with E-state index in [4.69, 9.17) is 14.0 Å². The summed E-state index contributed by atoms with van der Waals surface area (Å²) in [5, 5.41) is 18.7. The Bertz CT molecular complexity index is 2080. The predicted octanol–water partition coefficient (Wildman–Crippen LogP) is 4.49. The highest BCUT2D eigenvalue weighted by atomic mass is 32.2. The van der Waals surface area contributed by atoms with Gasteiger partial charge in [-0.05, 0) is 78.6 Å². The highest BCUT2D eigenvalue weighted by molar-refractivity contribution is 7.92. The van der Waals surface area contributed by atoms with Gasteiger partial charge in [-0.2, -0.15) is 5.10 Å². The Morgan fingerprint density at radius 1 is 1.00 bits per heavy atom. The van der Waals surface area contributed by atoms with Gasteiger partial charge in [0, 0.05) is 43.0 Å². The van der Waals surface area contributed by atoms with Crippen LogP contribution in [0, 0.1) is 23.7 Å². The zero-order chi connectivity index (χ0) is 38.3. The van der Waals surface area contributed by atoms with Crippen LogP contribution in [0.4, 0.5) is 0 Å². The summed E-state index contributed by atoms with van der Waals surface area (Å²) < 4.78 is 37.8. The summed E-state index contributed by atoms with van der Waals surface area (Å²) in [4.78, 5) is 18.4. The Kier molecular flexibility index (Phi) is 12.3. The number of carbonyl (C=O) groups is 1. The molecule has 0 bridgehead atoms. The van der Waals surface area contributed by atoms with Crippen molar-refractivity contribution in [1.82, 2.24) is 15.3 Å². The van der Waals surface area contributed by atoms with E-state index in [9.17, 15) is 18.3 Å². The number of ether oxygens (including phenoxy) is 1. The number of nitrogens with zero attached hydrogens (tertiary/aromatic N) is 2. The number of fused-ring (bicyclic) bond motifs is 1. The molecule has 4 aromatic rings. The van der Waals surface area contributed by atoms with E-state index in [1.165, 1.54) is 6.92 Å². The number of aliphatic hydroxyl groups is 1. The standard InChI is InChI=1S/C41H49N3O7SSi/c1-39(2,3)53(34-18-9-7-10-19-34,35-20-11-8-12-21-35)50-31-40(4,46)25-15-13-17-32-23-24-36-33(29-32)30-44(42-36)27-26-41(5,52(6,47)48)38(45)43-51-37-22-14-16-28-49-37/h7-12,18-21,23-24,29-30,37,46H,14,16,22,26-28,31H2,1-6H3,(H,43,45)/t37?,40-,41-/m1/s1. The normalized spacial score (nSPS) is 17.4. The molecule has 1 unspecified atom stereocenters. The molecule has 53 heavy (non-hydrogen) atoms. The fraction of sp³-hybridized carbons (Fsp3) is 0.415. The van der Waals surface area contributed by atoms with Gasteiger partial charge in [0.2, 0.25) is 0 Å². The Labute approximate surface area is 314 Å². The second kappa shape index (κ2) is 16.4. The molecular formula is C41H49N3O7SSi. The first-order chi connectivity index (χ1) is 25.0. The Balaban J connectivity index is 1.26. The zero-order valence-electron chi connectivity index (χ0n) is 31.3. The molecule has 280 valence electrons. The third-order valence-corrected chi connectivity index (χ3v) is 16.7. The maximum Gasteiger partial charge on any atom is 0.264 e. The summed E-state index contributed by atoms with van der Waals surface area (Å²) in [7, 11) is -6.68. The molecule has 3 atom stereocenters. The summed E-state index contributed by atoms with van der Waals surface area (Å²) in [6.45, 7) is 10.3. The van der Waals surface area contributed by atoms with Gasteiger partial charge in [0.25, 0.3) is 14.2 Å². The van der Waals surface area contributed by atoms with E-state index in [-0.39, 0.29) is 24.6 Å². The lowest BCUT2D eigenvalue weighted by molar-refractivity contribution is -0.201. The smallest absolute Gasteiger partial charge is 0.264 e. The van der Waals surface area contributed by atoms with Crippen LogP contribution < -0.4 is 15.9 Å². The lowest BCUT2D eigenvalue weighted by Gasteiger charge is -2.44. The maximum absolute atomic E-state index is 13.1. The van der Waals surface area contributed by atoms with Crippen LogP contribution in [0.25, 0.3) is 10.9 Å². The number of hydrogen-bond acceptors (Lipinski definition) is 8. The van der Waals surface area contributed by atoms with Gasteiger partial charge >= 0.3 is 0 Å². The molecule has 10 nitrogen and oxygen atoms in total. The van der Waals surface area contributed by atoms with Crippen LogP contribution in [0.2, 0.25) is 5.04 Å². The van der Waals surface area contributed by atoms with Gasteiger partial charge in [-0.25, -0.2) is 18.7 Å². The Morgan fingerprint density at radius 2 is 1.66 bits per heavy atom. The summed E-state index contributed by atoms with van der Waals surface area (Å²) in [6, 6.07) is 26.0. The molecule has 2 heterocycles. The molecule has 5 rings (SSSR count). The summed E-state index contributed by atoms with van der Waals surface area (Å²) >= 11 is 0. The van der Waals surface area contributed by atoms with Gasteiger partial charge in [0.05, 0.1) is 12.1 Å². The number of rotatable bonds is 12. The summed E-state index contributed by atoms with van der Waals surface area (Å²) in [6.07, 6.45) is 4.64. The average Bonchev–Trinajstić information content (AvgIpc) is 3.54. The van der Waals surface area contributed by atoms with E-state index in [2.05, 4.69) is 79.3 Å². The molecule has 1 fully saturated rings. The number of aryl methyl sites for hydroxylation is 1. The van der Waals surface area contributed by atoms with Crippen molar-refractivity contribution < 1.29 is 32.3 Å². The van der Waals surface area contributed by atoms with Crippen LogP contribution in [0.1, 0.15) is 65.9 Å². The molecule has 2 N–H and O–H groups in total. The van der Waals surface area contributed by atoms with Gasteiger partial charge in [-0.15, -0.1) is 0 Å². The molecule has 0 saturated carbocycles. The maximum atomic E-state index is 13.1. The van der Waals surface area contributed by atoms with Crippen LogP contribution in [0.5, 0.6) is 0 Å². The Morgan fingerprint density at radius 3 is 2.25 bits per heavy atom. The predicted molar refractivity (Wildman–Crippen MR) is 209 cm³/mol. The number of amides is 1. The van der Waals surface area contributed by atoms with Crippen molar-refractivity contribution in [1.29, 1.82) is 0 Å². The number of hydroxylamine groups is 1. The van der Waals surface area contributed by atoms with E-state index in [0.717, 1.165) is 34.9 Å². The molecular weight excluding hydrogens is 707 g/mol. The molecule has 0 spiro atoms. The number of nitrogens with one attached hydrogen (secondary N) is 1. The summed E-state index contributed by atoms with van der Waals surface area (Å²) in [5.74, 6) is 10.8. The van der Waals surface area contributed by atoms with E-state index in [1.807, 2.05) is 54.6 Å². The van der Waals surface area contributed by atoms with Gasteiger partial charge in [-0.3, -0.25) is 9.48 Å². The molecule has 1 amide bonds. The van der Waals surface area contributed by atoms with E-state index in [0.29, 0.717) is 24.1 Å². The van der Waals surface area contributed by atoms with Crippen LogP contribution in [-0.2, 0) is 35.2 Å². The second-order valence-corrected chi connectivity index (χ2v) is 21.7. The van der Waals surface area contributed by atoms with Crippen molar-refractivity contribution >= 4 is 45.3 Å². The van der Waals surface area contributed by atoms with Gasteiger partial charge in [-0.1, -0.05) is 93.3 Å². The first-order valence-electron chi connectivity index (χ1n) is 17.8. The van der Waals surface area contributed by atoms with Crippen LogP contribution in [0.3, 0.4) is 0 Å². The number of hydrogen-bond donors (Lipinski definition) is 2. The van der Waals surface area contributed by atoms with E-state index < -0.39 is 40.7 Å². The second-order valence-electron chi connectivity index (χ2n) is 15.0. The number of sulfone groups is 1. The molecule has 0 radical (unpaired) electrons. The lowest BCUT2D eigenvalue weighted by atomic mass is 10.1. The van der Waals surface area contributed by atoms with E-state index in [1.54, 1.807) is 17.8 Å². The van der Waals surface area contributed by atoms with Crippen molar-refractivity contribution in [2.75, 3.05) is 19.5 Å². The van der Waals surface area contributed by atoms with Crippen molar-refractivity contribution in [3.8, 4) is 23.7 Å². The number of carbonyl (C=O) groups excluding carboxylic acids is 1. The van der Waals surface area contributed by atoms with Crippen LogP contribution in [-0.4, -0.2) is 73.6 Å². The molecule has 0 aliphatic carbocycles. The highest BCUT2D eigenvalue weighted by Crippen LogP contribution is 2.37. The first kappa shape index (κ1) is 39.9. The average molecular weight is 756 g/mol. The quantitative estimate of drug-likeness (QED) is 0.123. The van der Waals surface area contributed by atoms with Crippen LogP contribution in [0.15, 0.2) is 85.1 Å². The van der Waals surface area contributed by atoms with Gasteiger partial charge < -0.3 is 14.3 Å². The molecule has 1 aliphatic rings. The minimum Gasteiger partial charge on any atom is -0.403 e. The molecule has 1 aliphatic heterocycles. The highest BCUT2D eigenvalue weighted by Gasteiger charge is 2.51. The topological polar surface area (TPSA) is 129 Å². The largest absolute Gasteiger partial charge is 0.403 e. The molecule has 3 aromatic carbocycles. The van der Waals surface area contributed by atoms with Crippen molar-refractivity contribution in [2.45, 2.75) is 88.5 Å². The first-order valence-corrected chi connectivity index (χ1v) is 21.6. The van der Waals surface area contributed by atoms with Crippen LogP contribution >= 0.6 is 0 Å². The molecule has 1 saturated heterocycles. The number of benzene rings is 3. The van der Waals surface area contributed by atoms with E-state index >= 15 is 0 Å². The lowest BCUT2D eigenvalue weighted by Crippen LogP contribution is -2.67. The Hall–Kier alpha value is -4.27. The van der Waals surface area contributed by atoms with Crippen molar-refractivity contribution in [3.63, 3.8) is 0 Å². The van der Waals surface area contributed by atoms with Gasteiger partial charge in [0.15, 0.2) is 20.9 Å². The SMILES string of the molecule is CC(C)(C)[Si](OC[C@](C)(O)C#CC#Cc1ccc2nn(CC[C@](C)(C(=O)NOC3CCCCO3)S(C)(=O)=O)cc2c1)(c1ccccc1)c1ccccc1. The number of aromatic nitrogens is 2. The fourth-order valence-electron chi connectivity index (χ4n) is 6.41. The van der Waals surface area contributed by atoms with Crippen molar-refractivity contribution in [3.05, 3.63) is 90.6 Å². The fourth-order valence-corrected chi connectivity index (χ4v) is 11.9. The monoisotopic (exact) mass is 755 g/mol. The molecule has 12 heteroatoms. The van der Waals surface area contributed by atoms with Crippen molar-refractivity contribution in [2.24, 2.45) is 0 Å². The zero-order valence-corrected chi connectivity index (χ0v) is 33.1. The minimum absolute atomic E-state index is 0.00208.